The van der Waals surface area contributed by atoms with Crippen LogP contribution in [-0.4, -0.2) is 49.5 Å². The minimum atomic E-state index is -0.893. The van der Waals surface area contributed by atoms with E-state index in [1.54, 1.807) is 6.92 Å². The lowest BCUT2D eigenvalue weighted by Gasteiger charge is -2.25. The zero-order chi connectivity index (χ0) is 26.7. The summed E-state index contributed by atoms with van der Waals surface area (Å²) in [5, 5.41) is 0.0237. The molecule has 1 aliphatic rings. The first-order valence-electron chi connectivity index (χ1n) is 11.8. The molecule has 0 fully saturated rings. The second-order valence-electron chi connectivity index (χ2n) is 7.96. The Morgan fingerprint density at radius 2 is 1.78 bits per heavy atom. The van der Waals surface area contributed by atoms with Gasteiger partial charge in [0.2, 0.25) is 5.91 Å². The molecule has 8 nitrogen and oxygen atoms in total. The SMILES string of the molecule is CCCCOC(=O)CSc1cc(N(C(C)=O)C(=O)C2=C(C(=O)OCOCC)CCCC2)c(F)cc1Cl. The summed E-state index contributed by atoms with van der Waals surface area (Å²) in [5.41, 5.74) is -0.0733. The van der Waals surface area contributed by atoms with Gasteiger partial charge in [0.25, 0.3) is 5.91 Å². The molecule has 1 aromatic rings. The Morgan fingerprint density at radius 3 is 2.42 bits per heavy atom. The highest BCUT2D eigenvalue weighted by Crippen LogP contribution is 2.36. The summed E-state index contributed by atoms with van der Waals surface area (Å²) in [4.78, 5) is 51.5. The van der Waals surface area contributed by atoms with E-state index in [2.05, 4.69) is 0 Å². The van der Waals surface area contributed by atoms with Crippen molar-refractivity contribution in [2.75, 3.05) is 30.7 Å². The van der Waals surface area contributed by atoms with Gasteiger partial charge >= 0.3 is 11.9 Å². The molecule has 0 N–H and O–H groups in total. The number of benzene rings is 1. The summed E-state index contributed by atoms with van der Waals surface area (Å²) in [5.74, 6) is -3.68. The Hall–Kier alpha value is -2.43. The number of rotatable bonds is 12. The van der Waals surface area contributed by atoms with E-state index in [1.165, 1.54) is 6.07 Å². The molecule has 11 heteroatoms. The number of thioether (sulfide) groups is 1. The largest absolute Gasteiger partial charge is 0.465 e. The molecule has 0 aliphatic heterocycles. The fourth-order valence-electron chi connectivity index (χ4n) is 3.50. The van der Waals surface area contributed by atoms with Crippen molar-refractivity contribution >= 4 is 52.8 Å². The molecule has 0 spiro atoms. The average Bonchev–Trinajstić information content (AvgIpc) is 2.84. The van der Waals surface area contributed by atoms with E-state index in [4.69, 9.17) is 25.8 Å². The molecule has 0 unspecified atom stereocenters. The van der Waals surface area contributed by atoms with Gasteiger partial charge in [-0.05, 0) is 51.2 Å². The first kappa shape index (κ1) is 29.8. The molecule has 0 saturated carbocycles. The zero-order valence-corrected chi connectivity index (χ0v) is 22.3. The van der Waals surface area contributed by atoms with Crippen molar-refractivity contribution < 1.29 is 37.8 Å². The maximum atomic E-state index is 15.0. The Labute approximate surface area is 219 Å². The van der Waals surface area contributed by atoms with Gasteiger partial charge in [-0.2, -0.15) is 0 Å². The highest BCUT2D eigenvalue weighted by molar-refractivity contribution is 8.00. The van der Waals surface area contributed by atoms with Crippen LogP contribution in [0.1, 0.15) is 59.3 Å². The molecule has 0 radical (unpaired) electrons. The van der Waals surface area contributed by atoms with E-state index in [0.717, 1.165) is 37.6 Å². The number of esters is 2. The normalized spacial score (nSPS) is 13.4. The summed E-state index contributed by atoms with van der Waals surface area (Å²) < 4.78 is 30.2. The van der Waals surface area contributed by atoms with Gasteiger partial charge in [0.1, 0.15) is 5.82 Å². The first-order chi connectivity index (χ1) is 17.2. The van der Waals surface area contributed by atoms with Crippen molar-refractivity contribution in [3.63, 3.8) is 0 Å². The van der Waals surface area contributed by atoms with Crippen molar-refractivity contribution in [1.82, 2.24) is 0 Å². The Kier molecular flexibility index (Phi) is 12.4. The number of imide groups is 1. The molecule has 0 bridgehead atoms. The Morgan fingerprint density at radius 1 is 1.08 bits per heavy atom. The third-order valence-corrected chi connectivity index (χ3v) is 6.77. The van der Waals surface area contributed by atoms with Gasteiger partial charge in [0, 0.05) is 29.6 Å². The molecule has 2 rings (SSSR count). The molecular formula is C25H31ClFNO7S. The van der Waals surface area contributed by atoms with Crippen molar-refractivity contribution in [1.29, 1.82) is 0 Å². The van der Waals surface area contributed by atoms with Crippen LogP contribution in [0.5, 0.6) is 0 Å². The van der Waals surface area contributed by atoms with E-state index >= 15 is 0 Å². The molecule has 0 heterocycles. The third kappa shape index (κ3) is 8.31. The zero-order valence-electron chi connectivity index (χ0n) is 20.7. The number of halogens is 2. The average molecular weight is 544 g/mol. The molecule has 1 aliphatic carbocycles. The molecule has 2 amide bonds. The van der Waals surface area contributed by atoms with Crippen molar-refractivity contribution in [2.24, 2.45) is 0 Å². The molecule has 36 heavy (non-hydrogen) atoms. The van der Waals surface area contributed by atoms with Crippen LogP contribution in [0.25, 0.3) is 0 Å². The van der Waals surface area contributed by atoms with Crippen LogP contribution >= 0.6 is 23.4 Å². The van der Waals surface area contributed by atoms with Gasteiger partial charge in [0.05, 0.1) is 23.1 Å². The second kappa shape index (κ2) is 15.0. The lowest BCUT2D eigenvalue weighted by molar-refractivity contribution is -0.151. The molecule has 0 aromatic heterocycles. The number of unbranched alkanes of at least 4 members (excludes halogenated alkanes) is 1. The summed E-state index contributed by atoms with van der Waals surface area (Å²) in [6, 6.07) is 2.23. The highest BCUT2D eigenvalue weighted by Gasteiger charge is 2.32. The number of carbonyl (C=O) groups is 4. The number of carbonyl (C=O) groups excluding carboxylic acids is 4. The maximum Gasteiger partial charge on any atom is 0.336 e. The van der Waals surface area contributed by atoms with Gasteiger partial charge in [-0.3, -0.25) is 14.4 Å². The van der Waals surface area contributed by atoms with E-state index < -0.39 is 29.6 Å². The predicted octanol–water partition coefficient (Wildman–Crippen LogP) is 5.20. The smallest absolute Gasteiger partial charge is 0.336 e. The van der Waals surface area contributed by atoms with E-state index in [-0.39, 0.29) is 40.8 Å². The fourth-order valence-corrected chi connectivity index (χ4v) is 4.56. The van der Waals surface area contributed by atoms with Crippen LogP contribution in [0.15, 0.2) is 28.2 Å². The maximum absolute atomic E-state index is 15.0. The summed E-state index contributed by atoms with van der Waals surface area (Å²) in [6.45, 7) is 5.24. The molecule has 198 valence electrons. The van der Waals surface area contributed by atoms with E-state index in [1.807, 2.05) is 6.92 Å². The van der Waals surface area contributed by atoms with Gasteiger partial charge in [0.15, 0.2) is 6.79 Å². The molecule has 0 saturated heterocycles. The Bertz CT molecular complexity index is 1010. The van der Waals surface area contributed by atoms with Crippen molar-refractivity contribution in [3.8, 4) is 0 Å². The number of hydrogen-bond acceptors (Lipinski definition) is 8. The van der Waals surface area contributed by atoms with Gasteiger partial charge in [-0.25, -0.2) is 14.1 Å². The summed E-state index contributed by atoms with van der Waals surface area (Å²) in [7, 11) is 0. The first-order valence-corrected chi connectivity index (χ1v) is 13.2. The standard InChI is InChI=1S/C25H31ClFNO7S/c1-4-6-11-34-23(30)14-36-22-13-21(20(27)12-19(22)26)28(16(3)29)24(31)17-9-7-8-10-18(17)25(32)35-15-33-5-2/h12-13H,4-11,14-15H2,1-3H3. The molecule has 0 atom stereocenters. The van der Waals surface area contributed by atoms with Gasteiger partial charge in [-0.15, -0.1) is 11.8 Å². The third-order valence-electron chi connectivity index (χ3n) is 5.32. The number of nitrogens with zero attached hydrogens (tertiary/aromatic N) is 1. The lowest BCUT2D eigenvalue weighted by Crippen LogP contribution is -2.38. The van der Waals surface area contributed by atoms with Gasteiger partial charge in [-0.1, -0.05) is 24.9 Å². The monoisotopic (exact) mass is 543 g/mol. The molecule has 1 aromatic carbocycles. The van der Waals surface area contributed by atoms with Crippen molar-refractivity contribution in [3.05, 3.63) is 34.1 Å². The van der Waals surface area contributed by atoms with Crippen LogP contribution in [0.3, 0.4) is 0 Å². The second-order valence-corrected chi connectivity index (χ2v) is 9.39. The summed E-state index contributed by atoms with van der Waals surface area (Å²) in [6.07, 6.45) is 3.44. The van der Waals surface area contributed by atoms with Crippen LogP contribution < -0.4 is 4.90 Å². The van der Waals surface area contributed by atoms with Crippen molar-refractivity contribution in [2.45, 2.75) is 64.2 Å². The van der Waals surface area contributed by atoms with E-state index in [9.17, 15) is 23.6 Å². The highest BCUT2D eigenvalue weighted by atomic mass is 35.5. The fraction of sp³-hybridized carbons (Fsp3) is 0.520. The molecular weight excluding hydrogens is 513 g/mol. The number of hydrogen-bond donors (Lipinski definition) is 0. The number of amides is 2. The minimum Gasteiger partial charge on any atom is -0.465 e. The predicted molar refractivity (Wildman–Crippen MR) is 134 cm³/mol. The quantitative estimate of drug-likeness (QED) is 0.153. The Balaban J connectivity index is 2.34. The van der Waals surface area contributed by atoms with Crippen LogP contribution in [-0.2, 0) is 33.4 Å². The lowest BCUT2D eigenvalue weighted by atomic mass is 9.90. The topological polar surface area (TPSA) is 99.2 Å². The summed E-state index contributed by atoms with van der Waals surface area (Å²) >= 11 is 7.17. The number of ether oxygens (including phenoxy) is 3. The van der Waals surface area contributed by atoms with E-state index in [0.29, 0.717) is 42.3 Å². The number of anilines is 1. The van der Waals surface area contributed by atoms with Crippen LogP contribution in [0, 0.1) is 5.82 Å². The minimum absolute atomic E-state index is 0.0237. The van der Waals surface area contributed by atoms with Gasteiger partial charge < -0.3 is 14.2 Å². The van der Waals surface area contributed by atoms with Crippen LogP contribution in [0.4, 0.5) is 10.1 Å². The van der Waals surface area contributed by atoms with Crippen LogP contribution in [0.2, 0.25) is 5.02 Å².